The van der Waals surface area contributed by atoms with Crippen LogP contribution in [0.5, 0.6) is 0 Å². The van der Waals surface area contributed by atoms with Crippen LogP contribution < -0.4 is 0 Å². The molecule has 4 aliphatic rings. The van der Waals surface area contributed by atoms with Gasteiger partial charge in [0.2, 0.25) is 0 Å². The molecule has 1 saturated carbocycles. The van der Waals surface area contributed by atoms with Crippen LogP contribution in [0.4, 0.5) is 0 Å². The van der Waals surface area contributed by atoms with Crippen LogP contribution in [0, 0.1) is 28.6 Å². The van der Waals surface area contributed by atoms with Crippen molar-refractivity contribution in [1.82, 2.24) is 4.90 Å². The Morgan fingerprint density at radius 3 is 2.00 bits per heavy atom. The first-order valence-electron chi connectivity index (χ1n) is 15.4. The Balaban J connectivity index is 1.68. The van der Waals surface area contributed by atoms with E-state index in [0.717, 1.165) is 23.8 Å². The number of hydrogen-bond donors (Lipinski definition) is 0. The van der Waals surface area contributed by atoms with Gasteiger partial charge in [-0.1, -0.05) is 105 Å². The Hall–Kier alpha value is -0.300. The van der Waals surface area contributed by atoms with Crippen molar-refractivity contribution >= 4 is 0 Å². The summed E-state index contributed by atoms with van der Waals surface area (Å²) in [7, 11) is 0. The molecule has 0 N–H and O–H groups in total. The summed E-state index contributed by atoms with van der Waals surface area (Å²) in [5.41, 5.74) is 1.34. The van der Waals surface area contributed by atoms with Gasteiger partial charge in [0.25, 0.3) is 0 Å². The molecule has 3 fully saturated rings. The number of rotatable bonds is 2. The van der Waals surface area contributed by atoms with E-state index in [1.807, 2.05) is 0 Å². The third-order valence-electron chi connectivity index (χ3n) is 11.2. The van der Waals surface area contributed by atoms with Gasteiger partial charge < -0.3 is 0 Å². The van der Waals surface area contributed by atoms with E-state index in [0.29, 0.717) is 16.4 Å². The van der Waals surface area contributed by atoms with E-state index in [9.17, 15) is 0 Å². The second-order valence-electron chi connectivity index (χ2n) is 13.6. The van der Waals surface area contributed by atoms with E-state index >= 15 is 0 Å². The van der Waals surface area contributed by atoms with Crippen LogP contribution in [0.25, 0.3) is 0 Å². The highest BCUT2D eigenvalue weighted by molar-refractivity contribution is 5.37. The molecule has 2 aliphatic carbocycles. The average molecular weight is 456 g/mol. The molecule has 0 bridgehead atoms. The molecule has 0 aromatic heterocycles. The average Bonchev–Trinajstić information content (AvgIpc) is 2.83. The quantitative estimate of drug-likeness (QED) is 0.375. The normalized spacial score (nSPS) is 43.1. The molecular weight excluding hydrogens is 398 g/mol. The summed E-state index contributed by atoms with van der Waals surface area (Å²) in [5.74, 6) is 2.79. The first kappa shape index (κ1) is 25.8. The molecule has 2 aliphatic heterocycles. The van der Waals surface area contributed by atoms with Crippen molar-refractivity contribution in [3.05, 3.63) is 12.2 Å². The topological polar surface area (TPSA) is 3.24 Å². The zero-order valence-electron chi connectivity index (χ0n) is 23.1. The zero-order chi connectivity index (χ0) is 23.5. The molecule has 1 nitrogen and oxygen atoms in total. The maximum atomic E-state index is 3.15. The predicted octanol–water partition coefficient (Wildman–Crippen LogP) is 9.56. The van der Waals surface area contributed by atoms with Gasteiger partial charge in [0.15, 0.2) is 0 Å². The molecule has 33 heavy (non-hydrogen) atoms. The molecular formula is C32H57N. The van der Waals surface area contributed by atoms with E-state index < -0.39 is 0 Å². The standard InChI is InChI=1S/C32H57N/c1-6-31-23-24-32(31,7-2)33-25-15-14-22-30(4,5)21-13-12-20-29(33)27-18-10-8-16-26(3)17-9-11-19-28(27)31/h23-24,26-29H,6-22,25H2,1-5H3. The predicted molar refractivity (Wildman–Crippen MR) is 145 cm³/mol. The molecule has 190 valence electrons. The van der Waals surface area contributed by atoms with E-state index in [2.05, 4.69) is 51.7 Å². The van der Waals surface area contributed by atoms with Crippen LogP contribution in [0.3, 0.4) is 0 Å². The van der Waals surface area contributed by atoms with E-state index in [4.69, 9.17) is 0 Å². The van der Waals surface area contributed by atoms with Crippen LogP contribution in [-0.4, -0.2) is 23.0 Å². The molecule has 6 unspecified atom stereocenters. The monoisotopic (exact) mass is 455 g/mol. The molecule has 4 rings (SSSR count). The summed E-state index contributed by atoms with van der Waals surface area (Å²) in [6, 6.07) is 0.832. The Morgan fingerprint density at radius 2 is 1.36 bits per heavy atom. The lowest BCUT2D eigenvalue weighted by Crippen LogP contribution is -2.74. The third kappa shape index (κ3) is 4.88. The van der Waals surface area contributed by atoms with Gasteiger partial charge in [0.05, 0.1) is 0 Å². The summed E-state index contributed by atoms with van der Waals surface area (Å²) in [5, 5.41) is 0. The minimum atomic E-state index is 0.352. The van der Waals surface area contributed by atoms with Gasteiger partial charge in [-0.2, -0.15) is 0 Å². The van der Waals surface area contributed by atoms with E-state index in [1.54, 1.807) is 0 Å². The highest BCUT2D eigenvalue weighted by Gasteiger charge is 2.65. The van der Waals surface area contributed by atoms with Gasteiger partial charge in [-0.05, 0) is 81.1 Å². The molecule has 1 heteroatoms. The van der Waals surface area contributed by atoms with Crippen molar-refractivity contribution in [3.8, 4) is 0 Å². The number of fused-ring (bicyclic) bond motifs is 6. The maximum Gasteiger partial charge on any atom is 0.0485 e. The van der Waals surface area contributed by atoms with Crippen molar-refractivity contribution in [1.29, 1.82) is 0 Å². The van der Waals surface area contributed by atoms with Crippen molar-refractivity contribution in [2.45, 2.75) is 155 Å². The molecule has 0 spiro atoms. The van der Waals surface area contributed by atoms with Crippen LogP contribution >= 0.6 is 0 Å². The lowest BCUT2D eigenvalue weighted by atomic mass is 9.45. The second kappa shape index (κ2) is 10.8. The Morgan fingerprint density at radius 1 is 0.727 bits per heavy atom. The Labute approximate surface area is 207 Å². The summed E-state index contributed by atoms with van der Waals surface area (Å²) in [6.45, 7) is 14.0. The summed E-state index contributed by atoms with van der Waals surface area (Å²) in [6.07, 6.45) is 30.0. The zero-order valence-corrected chi connectivity index (χ0v) is 23.1. The fourth-order valence-electron chi connectivity index (χ4n) is 9.25. The van der Waals surface area contributed by atoms with Crippen molar-refractivity contribution in [2.75, 3.05) is 6.54 Å². The largest absolute Gasteiger partial charge is 0.290 e. The van der Waals surface area contributed by atoms with Gasteiger partial charge in [-0.25, -0.2) is 0 Å². The number of nitrogens with zero attached hydrogens (tertiary/aromatic N) is 1. The minimum Gasteiger partial charge on any atom is -0.290 e. The molecule has 2 heterocycles. The Kier molecular flexibility index (Phi) is 8.40. The molecule has 0 radical (unpaired) electrons. The molecule has 2 saturated heterocycles. The van der Waals surface area contributed by atoms with Crippen molar-refractivity contribution in [3.63, 3.8) is 0 Å². The van der Waals surface area contributed by atoms with E-state index in [1.165, 1.54) is 116 Å². The fourth-order valence-corrected chi connectivity index (χ4v) is 9.25. The van der Waals surface area contributed by atoms with E-state index in [-0.39, 0.29) is 0 Å². The van der Waals surface area contributed by atoms with Gasteiger partial charge in [0.1, 0.15) is 0 Å². The molecule has 6 atom stereocenters. The van der Waals surface area contributed by atoms with Crippen molar-refractivity contribution in [2.24, 2.45) is 28.6 Å². The van der Waals surface area contributed by atoms with Gasteiger partial charge in [-0.15, -0.1) is 0 Å². The van der Waals surface area contributed by atoms with Gasteiger partial charge >= 0.3 is 0 Å². The molecule has 0 aromatic rings. The second-order valence-corrected chi connectivity index (χ2v) is 13.6. The number of hydrogen-bond acceptors (Lipinski definition) is 1. The highest BCUT2D eigenvalue weighted by Crippen LogP contribution is 2.65. The third-order valence-corrected chi connectivity index (χ3v) is 11.2. The number of piperidine rings is 1. The SMILES string of the molecule is CCC12C=CC1(CC)N1CCCCC(C)(C)CCCCC1C1CCCCC(C)CCCCC12. The lowest BCUT2D eigenvalue weighted by molar-refractivity contribution is -0.153. The fraction of sp³-hybridized carbons (Fsp3) is 0.938. The van der Waals surface area contributed by atoms with Crippen LogP contribution in [0.1, 0.15) is 144 Å². The van der Waals surface area contributed by atoms with Gasteiger partial charge in [0, 0.05) is 17.0 Å². The maximum absolute atomic E-state index is 3.15. The molecule has 0 aromatic carbocycles. The van der Waals surface area contributed by atoms with Crippen LogP contribution in [0.15, 0.2) is 12.2 Å². The Bertz CT molecular complexity index is 649. The first-order valence-corrected chi connectivity index (χ1v) is 15.4. The van der Waals surface area contributed by atoms with Gasteiger partial charge in [-0.3, -0.25) is 4.90 Å². The minimum absolute atomic E-state index is 0.352. The highest BCUT2D eigenvalue weighted by atomic mass is 15.3. The van der Waals surface area contributed by atoms with Crippen LogP contribution in [0.2, 0.25) is 0 Å². The summed E-state index contributed by atoms with van der Waals surface area (Å²) < 4.78 is 0. The smallest absolute Gasteiger partial charge is 0.0485 e. The summed E-state index contributed by atoms with van der Waals surface area (Å²) >= 11 is 0. The molecule has 0 amide bonds. The van der Waals surface area contributed by atoms with Crippen molar-refractivity contribution < 1.29 is 0 Å². The summed E-state index contributed by atoms with van der Waals surface area (Å²) in [4.78, 5) is 3.15. The lowest BCUT2D eigenvalue weighted by Gasteiger charge is -2.70. The first-order chi connectivity index (χ1) is 15.9. The van der Waals surface area contributed by atoms with Crippen LogP contribution in [-0.2, 0) is 0 Å².